The topological polar surface area (TPSA) is 124 Å². The predicted octanol–water partition coefficient (Wildman–Crippen LogP) is 2.74. The molecule has 3 aromatic rings. The number of carbonyl (C=O) groups excluding carboxylic acids is 1. The molecular formula is C19H23N7O3S. The van der Waals surface area contributed by atoms with Crippen molar-refractivity contribution in [1.82, 2.24) is 29.0 Å². The number of pyridine rings is 1. The normalized spacial score (nSPS) is 14.1. The number of nitrogens with one attached hydrogen (secondary N) is 2. The van der Waals surface area contributed by atoms with E-state index >= 15 is 0 Å². The van der Waals surface area contributed by atoms with E-state index in [1.54, 1.807) is 40.0 Å². The third-order valence-corrected chi connectivity index (χ3v) is 6.00. The van der Waals surface area contributed by atoms with Crippen molar-refractivity contribution in [3.05, 3.63) is 48.3 Å². The Labute approximate surface area is 174 Å². The van der Waals surface area contributed by atoms with E-state index in [1.165, 1.54) is 6.07 Å². The fourth-order valence-corrected chi connectivity index (χ4v) is 4.04. The van der Waals surface area contributed by atoms with Crippen LogP contribution < -0.4 is 10.0 Å². The SMILES string of the molecule is Cc1nc(C(C)C)c(NC(=O)NS(=O)(=O)c2ccn(C3CC3)n2)n1-c1ccncc1. The molecule has 1 aliphatic carbocycles. The van der Waals surface area contributed by atoms with Crippen molar-refractivity contribution in [2.45, 2.75) is 50.6 Å². The Kier molecular flexibility index (Phi) is 5.06. The lowest BCUT2D eigenvalue weighted by Gasteiger charge is -2.14. The highest BCUT2D eigenvalue weighted by Crippen LogP contribution is 2.34. The monoisotopic (exact) mass is 429 g/mol. The second-order valence-electron chi connectivity index (χ2n) is 7.51. The number of aryl methyl sites for hydroxylation is 1. The summed E-state index contributed by atoms with van der Waals surface area (Å²) in [6, 6.07) is 4.31. The third-order valence-electron chi connectivity index (χ3n) is 4.78. The minimum Gasteiger partial charge on any atom is -0.291 e. The number of amides is 2. The summed E-state index contributed by atoms with van der Waals surface area (Å²) >= 11 is 0. The number of urea groups is 1. The van der Waals surface area contributed by atoms with Gasteiger partial charge in [-0.2, -0.15) is 13.5 Å². The van der Waals surface area contributed by atoms with Crippen LogP contribution in [0.2, 0.25) is 0 Å². The number of carbonyl (C=O) groups is 1. The molecule has 0 atom stereocenters. The average Bonchev–Trinajstić information content (AvgIpc) is 3.31. The van der Waals surface area contributed by atoms with E-state index in [0.717, 1.165) is 18.5 Å². The van der Waals surface area contributed by atoms with Crippen molar-refractivity contribution in [2.24, 2.45) is 0 Å². The zero-order valence-electron chi connectivity index (χ0n) is 16.9. The maximum absolute atomic E-state index is 12.6. The second kappa shape index (κ2) is 7.56. The number of sulfonamides is 1. The molecule has 30 heavy (non-hydrogen) atoms. The molecule has 2 N–H and O–H groups in total. The molecule has 0 aliphatic heterocycles. The first-order valence-corrected chi connectivity index (χ1v) is 11.1. The molecule has 0 saturated heterocycles. The van der Waals surface area contributed by atoms with Gasteiger partial charge in [0.2, 0.25) is 0 Å². The van der Waals surface area contributed by atoms with Crippen LogP contribution in [-0.2, 0) is 10.0 Å². The molecule has 1 fully saturated rings. The molecule has 158 valence electrons. The summed E-state index contributed by atoms with van der Waals surface area (Å²) in [5, 5.41) is 6.56. The van der Waals surface area contributed by atoms with E-state index in [4.69, 9.17) is 0 Å². The molecule has 10 nitrogen and oxygen atoms in total. The summed E-state index contributed by atoms with van der Waals surface area (Å²) in [6.45, 7) is 5.71. The number of hydrogen-bond donors (Lipinski definition) is 2. The Hall–Kier alpha value is -3.21. The molecule has 2 amide bonds. The number of hydrogen-bond acceptors (Lipinski definition) is 6. The minimum atomic E-state index is -4.10. The smallest absolute Gasteiger partial charge is 0.291 e. The molecule has 3 aromatic heterocycles. The van der Waals surface area contributed by atoms with Crippen LogP contribution >= 0.6 is 0 Å². The molecule has 1 aliphatic rings. The van der Waals surface area contributed by atoms with Crippen LogP contribution in [-0.4, -0.2) is 38.8 Å². The lowest BCUT2D eigenvalue weighted by molar-refractivity contribution is 0.256. The van der Waals surface area contributed by atoms with E-state index in [-0.39, 0.29) is 17.0 Å². The Balaban J connectivity index is 1.60. The molecule has 0 radical (unpaired) electrons. The Morgan fingerprint density at radius 3 is 2.53 bits per heavy atom. The van der Waals surface area contributed by atoms with Gasteiger partial charge >= 0.3 is 6.03 Å². The first-order valence-electron chi connectivity index (χ1n) is 9.65. The van der Waals surface area contributed by atoms with Gasteiger partial charge in [0.05, 0.1) is 17.4 Å². The summed E-state index contributed by atoms with van der Waals surface area (Å²) in [5.74, 6) is 1.07. The van der Waals surface area contributed by atoms with Gasteiger partial charge in [-0.25, -0.2) is 14.5 Å². The zero-order valence-corrected chi connectivity index (χ0v) is 17.7. The van der Waals surface area contributed by atoms with Crippen molar-refractivity contribution in [3.8, 4) is 5.69 Å². The van der Waals surface area contributed by atoms with Gasteiger partial charge in [-0.1, -0.05) is 13.8 Å². The molecule has 4 rings (SSSR count). The maximum Gasteiger partial charge on any atom is 0.334 e. The molecule has 3 heterocycles. The lowest BCUT2D eigenvalue weighted by Crippen LogP contribution is -2.35. The fraction of sp³-hybridized carbons (Fsp3) is 0.368. The molecular weight excluding hydrogens is 406 g/mol. The van der Waals surface area contributed by atoms with Crippen LogP contribution in [0.5, 0.6) is 0 Å². The second-order valence-corrected chi connectivity index (χ2v) is 9.14. The quantitative estimate of drug-likeness (QED) is 0.621. The van der Waals surface area contributed by atoms with Crippen molar-refractivity contribution in [1.29, 1.82) is 0 Å². The number of anilines is 1. The molecule has 0 bridgehead atoms. The third kappa shape index (κ3) is 3.92. The highest BCUT2D eigenvalue weighted by molar-refractivity contribution is 7.90. The molecule has 0 spiro atoms. The van der Waals surface area contributed by atoms with Crippen LogP contribution in [0.1, 0.15) is 50.2 Å². The van der Waals surface area contributed by atoms with Crippen LogP contribution in [0.3, 0.4) is 0 Å². The first kappa shape index (κ1) is 20.1. The van der Waals surface area contributed by atoms with Crippen LogP contribution in [0.25, 0.3) is 5.69 Å². The van der Waals surface area contributed by atoms with Crippen molar-refractivity contribution >= 4 is 21.9 Å². The van der Waals surface area contributed by atoms with E-state index in [0.29, 0.717) is 17.3 Å². The van der Waals surface area contributed by atoms with E-state index in [9.17, 15) is 13.2 Å². The van der Waals surface area contributed by atoms with Gasteiger partial charge in [0, 0.05) is 18.6 Å². The number of aromatic nitrogens is 5. The Morgan fingerprint density at radius 2 is 1.90 bits per heavy atom. The molecule has 11 heteroatoms. The molecule has 0 unspecified atom stereocenters. The Morgan fingerprint density at radius 1 is 1.20 bits per heavy atom. The average molecular weight is 430 g/mol. The van der Waals surface area contributed by atoms with Gasteiger partial charge in [0.25, 0.3) is 10.0 Å². The number of rotatable bonds is 6. The van der Waals surface area contributed by atoms with Gasteiger partial charge in [-0.3, -0.25) is 19.5 Å². The lowest BCUT2D eigenvalue weighted by atomic mass is 10.1. The summed E-state index contributed by atoms with van der Waals surface area (Å²) < 4.78 is 30.6. The van der Waals surface area contributed by atoms with Gasteiger partial charge in [-0.15, -0.1) is 0 Å². The maximum atomic E-state index is 12.6. The number of imidazole rings is 1. The Bertz CT molecular complexity index is 1180. The van der Waals surface area contributed by atoms with E-state index in [2.05, 4.69) is 20.4 Å². The summed E-state index contributed by atoms with van der Waals surface area (Å²) in [4.78, 5) is 21.2. The summed E-state index contributed by atoms with van der Waals surface area (Å²) in [7, 11) is -4.10. The van der Waals surface area contributed by atoms with E-state index < -0.39 is 16.1 Å². The van der Waals surface area contributed by atoms with Crippen molar-refractivity contribution in [3.63, 3.8) is 0 Å². The first-order chi connectivity index (χ1) is 14.3. The van der Waals surface area contributed by atoms with Crippen LogP contribution in [0, 0.1) is 6.92 Å². The van der Waals surface area contributed by atoms with Crippen molar-refractivity contribution < 1.29 is 13.2 Å². The number of nitrogens with zero attached hydrogens (tertiary/aromatic N) is 5. The highest BCUT2D eigenvalue weighted by atomic mass is 32.2. The van der Waals surface area contributed by atoms with Gasteiger partial charge < -0.3 is 0 Å². The van der Waals surface area contributed by atoms with Gasteiger partial charge in [-0.05, 0) is 43.9 Å². The zero-order chi connectivity index (χ0) is 21.5. The van der Waals surface area contributed by atoms with Crippen molar-refractivity contribution in [2.75, 3.05) is 5.32 Å². The van der Waals surface area contributed by atoms with Crippen LogP contribution in [0.4, 0.5) is 10.6 Å². The van der Waals surface area contributed by atoms with E-state index in [1.807, 2.05) is 25.5 Å². The highest BCUT2D eigenvalue weighted by Gasteiger charge is 2.28. The van der Waals surface area contributed by atoms with Gasteiger partial charge in [0.1, 0.15) is 11.6 Å². The predicted molar refractivity (Wildman–Crippen MR) is 110 cm³/mol. The van der Waals surface area contributed by atoms with Gasteiger partial charge in [0.15, 0.2) is 5.03 Å². The summed E-state index contributed by atoms with van der Waals surface area (Å²) in [6.07, 6.45) is 6.84. The minimum absolute atomic E-state index is 0.00735. The fourth-order valence-electron chi connectivity index (χ4n) is 3.20. The largest absolute Gasteiger partial charge is 0.334 e. The van der Waals surface area contributed by atoms with Crippen LogP contribution in [0.15, 0.2) is 41.8 Å². The standard InChI is InChI=1S/C19H23N7O3S/c1-12(2)17-18(26(13(3)21-17)15-6-9-20-10-7-15)22-19(27)24-30(28,29)16-8-11-25(23-16)14-4-5-14/h6-12,14H,4-5H2,1-3H3,(H2,22,24,27). The molecule has 0 aromatic carbocycles. The summed E-state index contributed by atoms with van der Waals surface area (Å²) in [5.41, 5.74) is 1.40. The molecule has 1 saturated carbocycles.